The van der Waals surface area contributed by atoms with Crippen molar-refractivity contribution in [3.63, 3.8) is 0 Å². The number of benzene rings is 1. The quantitative estimate of drug-likeness (QED) is 0.880. The summed E-state index contributed by atoms with van der Waals surface area (Å²) in [7, 11) is -3.48. The molecule has 4 nitrogen and oxygen atoms in total. The van der Waals surface area contributed by atoms with Gasteiger partial charge in [0, 0.05) is 23.6 Å². The molecule has 0 radical (unpaired) electrons. The Morgan fingerprint density at radius 1 is 1.40 bits per heavy atom. The van der Waals surface area contributed by atoms with E-state index >= 15 is 0 Å². The van der Waals surface area contributed by atoms with Gasteiger partial charge in [-0.15, -0.1) is 0 Å². The summed E-state index contributed by atoms with van der Waals surface area (Å²) in [4.78, 5) is 0.337. The molecule has 1 aliphatic rings. The molecule has 1 aromatic carbocycles. The van der Waals surface area contributed by atoms with Gasteiger partial charge >= 0.3 is 0 Å². The van der Waals surface area contributed by atoms with Crippen LogP contribution in [0.15, 0.2) is 27.6 Å². The Morgan fingerprint density at radius 3 is 2.65 bits per heavy atom. The van der Waals surface area contributed by atoms with Gasteiger partial charge in [0.05, 0.1) is 4.90 Å². The highest BCUT2D eigenvalue weighted by molar-refractivity contribution is 9.10. The Hall–Kier alpha value is -0.430. The number of hydrogen-bond donors (Lipinski definition) is 1. The summed E-state index contributed by atoms with van der Waals surface area (Å²) >= 11 is 3.34. The lowest BCUT2D eigenvalue weighted by Crippen LogP contribution is -2.53. The van der Waals surface area contributed by atoms with Gasteiger partial charge in [-0.1, -0.05) is 19.9 Å². The van der Waals surface area contributed by atoms with Crippen LogP contribution in [0.2, 0.25) is 0 Å². The molecule has 2 rings (SSSR count). The molecule has 6 heteroatoms. The molecule has 0 spiro atoms. The summed E-state index contributed by atoms with van der Waals surface area (Å²) in [5, 5.41) is 0. The minimum absolute atomic E-state index is 0.0369. The third kappa shape index (κ3) is 2.93. The Balaban J connectivity index is 2.38. The highest BCUT2D eigenvalue weighted by Crippen LogP contribution is 2.33. The lowest BCUT2D eigenvalue weighted by atomic mass is 9.81. The van der Waals surface area contributed by atoms with E-state index in [-0.39, 0.29) is 11.5 Å². The van der Waals surface area contributed by atoms with Crippen molar-refractivity contribution in [2.24, 2.45) is 11.1 Å². The van der Waals surface area contributed by atoms with Gasteiger partial charge in [-0.05, 0) is 52.4 Å². The van der Waals surface area contributed by atoms with Crippen LogP contribution in [-0.4, -0.2) is 31.9 Å². The smallest absolute Gasteiger partial charge is 0.244 e. The number of piperidine rings is 1. The average molecular weight is 361 g/mol. The number of rotatable bonds is 2. The molecule has 0 aromatic heterocycles. The summed E-state index contributed by atoms with van der Waals surface area (Å²) in [6.07, 6.45) is 0.690. The van der Waals surface area contributed by atoms with Gasteiger partial charge in [0.15, 0.2) is 0 Å². The molecule has 0 bridgehead atoms. The van der Waals surface area contributed by atoms with Crippen LogP contribution in [0.25, 0.3) is 0 Å². The standard InChI is InChI=1S/C14H21BrN2O2S/c1-10-4-5-11(15)12(8-10)20(18,19)17-7-6-13(16)14(2,3)9-17/h4-5,8,13H,6-7,9,16H2,1-3H3. The number of hydrogen-bond acceptors (Lipinski definition) is 3. The van der Waals surface area contributed by atoms with Gasteiger partial charge in [0.2, 0.25) is 10.0 Å². The van der Waals surface area contributed by atoms with Crippen LogP contribution >= 0.6 is 15.9 Å². The number of sulfonamides is 1. The van der Waals surface area contributed by atoms with Crippen LogP contribution < -0.4 is 5.73 Å². The Kier molecular flexibility index (Phi) is 4.31. The van der Waals surface area contributed by atoms with Crippen LogP contribution in [0.5, 0.6) is 0 Å². The lowest BCUT2D eigenvalue weighted by molar-refractivity contribution is 0.155. The zero-order chi connectivity index (χ0) is 15.1. The van der Waals surface area contributed by atoms with E-state index in [1.54, 1.807) is 16.4 Å². The number of aryl methyl sites for hydroxylation is 1. The van der Waals surface area contributed by atoms with Crippen molar-refractivity contribution < 1.29 is 8.42 Å². The normalized spacial score (nSPS) is 23.8. The van der Waals surface area contributed by atoms with E-state index in [2.05, 4.69) is 15.9 Å². The molecule has 1 unspecified atom stereocenters. The Morgan fingerprint density at radius 2 is 2.05 bits per heavy atom. The second-order valence-electron chi connectivity index (χ2n) is 6.16. The Bertz CT molecular complexity index is 614. The van der Waals surface area contributed by atoms with Crippen molar-refractivity contribution in [1.82, 2.24) is 4.31 Å². The average Bonchev–Trinajstić information content (AvgIpc) is 2.35. The van der Waals surface area contributed by atoms with Crippen LogP contribution in [0, 0.1) is 12.3 Å². The van der Waals surface area contributed by atoms with Gasteiger partial charge in [-0.3, -0.25) is 0 Å². The summed E-state index contributed by atoms with van der Waals surface area (Å²) < 4.78 is 27.8. The minimum Gasteiger partial charge on any atom is -0.327 e. The van der Waals surface area contributed by atoms with Crippen LogP contribution in [-0.2, 0) is 10.0 Å². The molecule has 0 amide bonds. The number of halogens is 1. The highest BCUT2D eigenvalue weighted by Gasteiger charge is 2.39. The van der Waals surface area contributed by atoms with Gasteiger partial charge in [-0.25, -0.2) is 8.42 Å². The molecule has 0 aliphatic carbocycles. The first-order valence-electron chi connectivity index (χ1n) is 6.66. The zero-order valence-corrected chi connectivity index (χ0v) is 14.5. The Labute approximate surface area is 129 Å². The van der Waals surface area contributed by atoms with E-state index < -0.39 is 10.0 Å². The fourth-order valence-corrected chi connectivity index (χ4v) is 5.11. The maximum atomic E-state index is 12.8. The summed E-state index contributed by atoms with van der Waals surface area (Å²) in [6.45, 7) is 6.86. The molecule has 2 N–H and O–H groups in total. The van der Waals surface area contributed by atoms with E-state index in [0.29, 0.717) is 28.9 Å². The molecule has 20 heavy (non-hydrogen) atoms. The zero-order valence-electron chi connectivity index (χ0n) is 12.1. The molecule has 0 saturated carbocycles. The molecule has 112 valence electrons. The molecule has 1 saturated heterocycles. The van der Waals surface area contributed by atoms with Crippen molar-refractivity contribution in [2.75, 3.05) is 13.1 Å². The predicted octanol–water partition coefficient (Wildman–Crippen LogP) is 2.51. The topological polar surface area (TPSA) is 63.4 Å². The van der Waals surface area contributed by atoms with Crippen molar-refractivity contribution in [3.05, 3.63) is 28.2 Å². The van der Waals surface area contributed by atoms with Crippen molar-refractivity contribution in [1.29, 1.82) is 0 Å². The number of nitrogens with two attached hydrogens (primary N) is 1. The van der Waals surface area contributed by atoms with Gasteiger partial charge < -0.3 is 5.73 Å². The fraction of sp³-hybridized carbons (Fsp3) is 0.571. The molecule has 1 atom stereocenters. The van der Waals surface area contributed by atoms with E-state index in [0.717, 1.165) is 5.56 Å². The fourth-order valence-electron chi connectivity index (χ4n) is 2.48. The molecule has 1 fully saturated rings. The molecule has 1 heterocycles. The summed E-state index contributed by atoms with van der Waals surface area (Å²) in [5.41, 5.74) is 6.80. The van der Waals surface area contributed by atoms with Crippen LogP contribution in [0.1, 0.15) is 25.8 Å². The van der Waals surface area contributed by atoms with Crippen molar-refractivity contribution >= 4 is 26.0 Å². The van der Waals surface area contributed by atoms with E-state index in [1.807, 2.05) is 26.8 Å². The minimum atomic E-state index is -3.48. The second-order valence-corrected chi connectivity index (χ2v) is 8.92. The maximum absolute atomic E-state index is 12.8. The molecular weight excluding hydrogens is 340 g/mol. The largest absolute Gasteiger partial charge is 0.327 e. The summed E-state index contributed by atoms with van der Waals surface area (Å²) in [5.74, 6) is 0. The first kappa shape index (κ1) is 15.9. The van der Waals surface area contributed by atoms with Gasteiger partial charge in [0.25, 0.3) is 0 Å². The molecule has 1 aliphatic heterocycles. The predicted molar refractivity (Wildman–Crippen MR) is 84.0 cm³/mol. The first-order valence-corrected chi connectivity index (χ1v) is 8.90. The second kappa shape index (κ2) is 5.40. The third-order valence-electron chi connectivity index (χ3n) is 3.98. The van der Waals surface area contributed by atoms with Gasteiger partial charge in [0.1, 0.15) is 0 Å². The van der Waals surface area contributed by atoms with E-state index in [4.69, 9.17) is 5.73 Å². The van der Waals surface area contributed by atoms with Crippen molar-refractivity contribution in [3.8, 4) is 0 Å². The summed E-state index contributed by atoms with van der Waals surface area (Å²) in [6, 6.07) is 5.42. The molecular formula is C14H21BrN2O2S. The van der Waals surface area contributed by atoms with E-state index in [1.165, 1.54) is 0 Å². The van der Waals surface area contributed by atoms with Gasteiger partial charge in [-0.2, -0.15) is 4.31 Å². The third-order valence-corrected chi connectivity index (χ3v) is 6.82. The van der Waals surface area contributed by atoms with Crippen molar-refractivity contribution in [2.45, 2.75) is 38.1 Å². The monoisotopic (exact) mass is 360 g/mol. The van der Waals surface area contributed by atoms with E-state index in [9.17, 15) is 8.42 Å². The number of nitrogens with zero attached hydrogens (tertiary/aromatic N) is 1. The SMILES string of the molecule is Cc1ccc(Br)c(S(=O)(=O)N2CCC(N)C(C)(C)C2)c1. The maximum Gasteiger partial charge on any atom is 0.244 e. The highest BCUT2D eigenvalue weighted by atomic mass is 79.9. The first-order chi connectivity index (χ1) is 9.14. The van der Waals surface area contributed by atoms with Crippen LogP contribution in [0.4, 0.5) is 0 Å². The lowest BCUT2D eigenvalue weighted by Gasteiger charge is -2.41. The van der Waals surface area contributed by atoms with Crippen LogP contribution in [0.3, 0.4) is 0 Å². The molecule has 1 aromatic rings.